The first kappa shape index (κ1) is 23.8. The maximum Gasteiger partial charge on any atom is 0.191 e. The lowest BCUT2D eigenvalue weighted by Crippen LogP contribution is -2.38. The van der Waals surface area contributed by atoms with Crippen molar-refractivity contribution in [3.05, 3.63) is 50.7 Å². The predicted molar refractivity (Wildman–Crippen MR) is 121 cm³/mol. The van der Waals surface area contributed by atoms with Crippen LogP contribution in [0, 0.1) is 19.7 Å². The second-order valence-electron chi connectivity index (χ2n) is 5.98. The molecular weight excluding hydrogens is 478 g/mol. The van der Waals surface area contributed by atoms with Gasteiger partial charge in [0.15, 0.2) is 5.96 Å². The quantitative estimate of drug-likeness (QED) is 0.324. The van der Waals surface area contributed by atoms with E-state index >= 15 is 0 Å². The Morgan fingerprint density at radius 3 is 2.70 bits per heavy atom. The number of hydrogen-bond acceptors (Lipinski definition) is 4. The molecule has 0 aliphatic heterocycles. The van der Waals surface area contributed by atoms with E-state index in [1.807, 2.05) is 13.8 Å². The fourth-order valence-corrected chi connectivity index (χ4v) is 3.37. The highest BCUT2D eigenvalue weighted by atomic mass is 127. The molecule has 0 aliphatic rings. The number of rotatable bonds is 8. The fraction of sp³-hybridized carbons (Fsp3) is 0.474. The second kappa shape index (κ2) is 12.2. The summed E-state index contributed by atoms with van der Waals surface area (Å²) in [5.74, 6) is 0.494. The Bertz CT molecular complexity index is 732. The van der Waals surface area contributed by atoms with Crippen LogP contribution in [0.1, 0.15) is 33.6 Å². The lowest BCUT2D eigenvalue weighted by Gasteiger charge is -2.11. The third-order valence-electron chi connectivity index (χ3n) is 3.88. The average molecular weight is 506 g/mol. The van der Waals surface area contributed by atoms with E-state index in [0.29, 0.717) is 12.1 Å². The van der Waals surface area contributed by atoms with Gasteiger partial charge in [-0.2, -0.15) is 0 Å². The molecule has 0 unspecified atom stereocenters. The number of hydrogen-bond donors (Lipinski definition) is 2. The van der Waals surface area contributed by atoms with Crippen molar-refractivity contribution in [1.29, 1.82) is 0 Å². The minimum Gasteiger partial charge on any atom is -0.380 e. The minimum absolute atomic E-state index is 0. The average Bonchev–Trinajstić information content (AvgIpc) is 2.93. The van der Waals surface area contributed by atoms with E-state index in [1.165, 1.54) is 10.9 Å². The van der Waals surface area contributed by atoms with E-state index in [1.54, 1.807) is 30.6 Å². The molecule has 2 aromatic rings. The van der Waals surface area contributed by atoms with Gasteiger partial charge >= 0.3 is 0 Å². The van der Waals surface area contributed by atoms with Crippen LogP contribution >= 0.6 is 35.3 Å². The zero-order valence-corrected chi connectivity index (χ0v) is 19.4. The number of aromatic nitrogens is 1. The fourth-order valence-electron chi connectivity index (χ4n) is 2.44. The number of halogens is 2. The summed E-state index contributed by atoms with van der Waals surface area (Å²) in [4.78, 5) is 10.4. The molecule has 0 radical (unpaired) electrons. The first-order valence-electron chi connectivity index (χ1n) is 8.74. The van der Waals surface area contributed by atoms with E-state index in [9.17, 15) is 4.39 Å². The molecule has 0 atom stereocenters. The third kappa shape index (κ3) is 7.71. The number of nitrogens with one attached hydrogen (secondary N) is 2. The molecule has 150 valence electrons. The molecule has 1 heterocycles. The molecule has 0 aliphatic carbocycles. The van der Waals surface area contributed by atoms with E-state index in [0.717, 1.165) is 41.7 Å². The lowest BCUT2D eigenvalue weighted by molar-refractivity contribution is 0.181. The van der Waals surface area contributed by atoms with Crippen LogP contribution < -0.4 is 10.6 Å². The Balaban J connectivity index is 0.00000364. The van der Waals surface area contributed by atoms with Gasteiger partial charge in [0.2, 0.25) is 0 Å². The molecule has 2 rings (SSSR count). The molecule has 0 saturated carbocycles. The number of thiazole rings is 1. The second-order valence-corrected chi connectivity index (χ2v) is 7.27. The Morgan fingerprint density at radius 2 is 2.07 bits per heavy atom. The van der Waals surface area contributed by atoms with E-state index < -0.39 is 0 Å². The molecule has 2 N–H and O–H groups in total. The normalized spacial score (nSPS) is 11.2. The van der Waals surface area contributed by atoms with Crippen LogP contribution in [-0.2, 0) is 24.3 Å². The highest BCUT2D eigenvalue weighted by molar-refractivity contribution is 14.0. The van der Waals surface area contributed by atoms with Crippen molar-refractivity contribution >= 4 is 41.3 Å². The number of benzene rings is 1. The molecule has 1 aromatic carbocycles. The highest BCUT2D eigenvalue weighted by Crippen LogP contribution is 2.16. The maximum absolute atomic E-state index is 13.7. The van der Waals surface area contributed by atoms with Crippen LogP contribution in [0.15, 0.2) is 23.2 Å². The summed E-state index contributed by atoms with van der Waals surface area (Å²) in [6.45, 7) is 8.43. The summed E-state index contributed by atoms with van der Waals surface area (Å²) in [6, 6.07) is 5.02. The van der Waals surface area contributed by atoms with Crippen LogP contribution in [0.3, 0.4) is 0 Å². The van der Waals surface area contributed by atoms with Gasteiger partial charge in [0, 0.05) is 37.1 Å². The Morgan fingerprint density at radius 1 is 1.30 bits per heavy atom. The van der Waals surface area contributed by atoms with Gasteiger partial charge in [-0.25, -0.2) is 14.4 Å². The van der Waals surface area contributed by atoms with Gasteiger partial charge in [0.25, 0.3) is 0 Å². The van der Waals surface area contributed by atoms with Crippen molar-refractivity contribution in [2.24, 2.45) is 4.99 Å². The lowest BCUT2D eigenvalue weighted by atomic mass is 10.1. The zero-order chi connectivity index (χ0) is 18.9. The molecular formula is C19H28FIN4OS. The highest BCUT2D eigenvalue weighted by Gasteiger charge is 2.06. The van der Waals surface area contributed by atoms with Crippen molar-refractivity contribution in [2.45, 2.75) is 40.3 Å². The predicted octanol–water partition coefficient (Wildman–Crippen LogP) is 3.96. The standard InChI is InChI=1S/C19H27FN4OS.HI/c1-5-21-19(22-9-8-18-24-13(2)14(3)26-18)23-11-15-6-7-17(20)16(10-15)12-25-4;/h6-7,10H,5,8-9,11-12H2,1-4H3,(H2,21,22,23);1H. The van der Waals surface area contributed by atoms with Crippen molar-refractivity contribution < 1.29 is 9.13 Å². The van der Waals surface area contributed by atoms with Crippen molar-refractivity contribution in [1.82, 2.24) is 15.6 Å². The van der Waals surface area contributed by atoms with Crippen LogP contribution in [0.2, 0.25) is 0 Å². The van der Waals surface area contributed by atoms with Gasteiger partial charge in [-0.1, -0.05) is 6.07 Å². The summed E-state index contributed by atoms with van der Waals surface area (Å²) < 4.78 is 18.7. The van der Waals surface area contributed by atoms with E-state index in [2.05, 4.69) is 27.5 Å². The summed E-state index contributed by atoms with van der Waals surface area (Å²) in [5.41, 5.74) is 2.60. The van der Waals surface area contributed by atoms with Gasteiger partial charge in [-0.05, 0) is 38.5 Å². The smallest absolute Gasteiger partial charge is 0.191 e. The molecule has 0 saturated heterocycles. The van der Waals surface area contributed by atoms with Crippen molar-refractivity contribution in [3.8, 4) is 0 Å². The Hall–Kier alpha value is -1.26. The van der Waals surface area contributed by atoms with Crippen LogP contribution in [0.5, 0.6) is 0 Å². The number of aliphatic imine (C=N–C) groups is 1. The van der Waals surface area contributed by atoms with Gasteiger partial charge in [-0.3, -0.25) is 0 Å². The number of aryl methyl sites for hydroxylation is 2. The first-order chi connectivity index (χ1) is 12.5. The molecule has 0 fully saturated rings. The number of nitrogens with zero attached hydrogens (tertiary/aromatic N) is 2. The van der Waals surface area contributed by atoms with Crippen molar-refractivity contribution in [2.75, 3.05) is 20.2 Å². The van der Waals surface area contributed by atoms with Gasteiger partial charge < -0.3 is 15.4 Å². The molecule has 8 heteroatoms. The van der Waals surface area contributed by atoms with Crippen LogP contribution in [0.25, 0.3) is 0 Å². The maximum atomic E-state index is 13.7. The first-order valence-corrected chi connectivity index (χ1v) is 9.56. The molecule has 1 aromatic heterocycles. The summed E-state index contributed by atoms with van der Waals surface area (Å²) in [6.07, 6.45) is 0.859. The van der Waals surface area contributed by atoms with Crippen LogP contribution in [-0.4, -0.2) is 31.1 Å². The van der Waals surface area contributed by atoms with Crippen LogP contribution in [0.4, 0.5) is 4.39 Å². The monoisotopic (exact) mass is 506 g/mol. The minimum atomic E-state index is -0.251. The summed E-state index contributed by atoms with van der Waals surface area (Å²) >= 11 is 1.74. The Labute approximate surface area is 181 Å². The zero-order valence-electron chi connectivity index (χ0n) is 16.3. The number of methoxy groups -OCH3 is 1. The number of guanidine groups is 1. The summed E-state index contributed by atoms with van der Waals surface area (Å²) in [7, 11) is 1.56. The number of ether oxygens (including phenoxy) is 1. The van der Waals surface area contributed by atoms with Gasteiger partial charge in [0.1, 0.15) is 5.82 Å². The molecule has 5 nitrogen and oxygen atoms in total. The van der Waals surface area contributed by atoms with E-state index in [4.69, 9.17) is 4.74 Å². The third-order valence-corrected chi connectivity index (χ3v) is 5.01. The molecule has 0 spiro atoms. The molecule has 0 amide bonds. The van der Waals surface area contributed by atoms with Crippen molar-refractivity contribution in [3.63, 3.8) is 0 Å². The topological polar surface area (TPSA) is 58.5 Å². The molecule has 27 heavy (non-hydrogen) atoms. The van der Waals surface area contributed by atoms with Gasteiger partial charge in [-0.15, -0.1) is 35.3 Å². The Kier molecular flexibility index (Phi) is 10.8. The largest absolute Gasteiger partial charge is 0.380 e. The van der Waals surface area contributed by atoms with Gasteiger partial charge in [0.05, 0.1) is 23.9 Å². The summed E-state index contributed by atoms with van der Waals surface area (Å²) in [5, 5.41) is 7.69. The van der Waals surface area contributed by atoms with E-state index in [-0.39, 0.29) is 36.4 Å². The SMILES string of the molecule is CCNC(=NCc1ccc(F)c(COC)c1)NCCc1nc(C)c(C)s1.I. The molecule has 0 bridgehead atoms.